The Balaban J connectivity index is 0.00000320. The van der Waals surface area contributed by atoms with Crippen molar-refractivity contribution in [3.05, 3.63) is 53.1 Å². The first-order valence-corrected chi connectivity index (χ1v) is 9.97. The van der Waals surface area contributed by atoms with E-state index in [2.05, 4.69) is 34.9 Å². The van der Waals surface area contributed by atoms with Gasteiger partial charge in [0, 0.05) is 6.54 Å². The number of halogens is 1. The lowest BCUT2D eigenvalue weighted by Crippen LogP contribution is -2.24. The predicted molar refractivity (Wildman–Crippen MR) is 120 cm³/mol. The van der Waals surface area contributed by atoms with E-state index in [0.29, 0.717) is 30.2 Å². The third kappa shape index (κ3) is 6.28. The number of methoxy groups -OCH3 is 3. The molecule has 1 aliphatic rings. The number of amides is 1. The second kappa shape index (κ2) is 11.7. The van der Waals surface area contributed by atoms with Gasteiger partial charge in [-0.05, 0) is 60.7 Å². The summed E-state index contributed by atoms with van der Waals surface area (Å²) in [5.41, 5.74) is 3.23. The van der Waals surface area contributed by atoms with Crippen LogP contribution in [0.5, 0.6) is 17.2 Å². The number of carbonyl (C=O) groups excluding carboxylic acids is 1. The van der Waals surface area contributed by atoms with Gasteiger partial charge < -0.3 is 24.8 Å². The summed E-state index contributed by atoms with van der Waals surface area (Å²) in [7, 11) is 4.72. The molecule has 1 amide bonds. The van der Waals surface area contributed by atoms with Crippen LogP contribution in [0.1, 0.15) is 23.1 Å². The molecule has 6 nitrogen and oxygen atoms in total. The van der Waals surface area contributed by atoms with Gasteiger partial charge in [0.05, 0.1) is 27.8 Å². The second-order valence-corrected chi connectivity index (χ2v) is 7.37. The summed E-state index contributed by atoms with van der Waals surface area (Å²) in [6, 6.07) is 12.1. The standard InChI is InChI=1S/C23H30N2O4.ClH/c1-27-20-11-19(12-21(28-2)23(20)29-3)15-25-22(26)13-17-6-4-16(5-7-17)10-18-8-9-24-14-18;/h4-7,11-12,18,24H,8-10,13-15H2,1-3H3,(H,25,26);1H. The van der Waals surface area contributed by atoms with Crippen LogP contribution in [0.25, 0.3) is 0 Å². The van der Waals surface area contributed by atoms with E-state index in [4.69, 9.17) is 14.2 Å². The Kier molecular flexibility index (Phi) is 9.27. The molecule has 1 atom stereocenters. The molecule has 1 unspecified atom stereocenters. The molecule has 3 rings (SSSR count). The van der Waals surface area contributed by atoms with E-state index in [1.165, 1.54) is 12.0 Å². The van der Waals surface area contributed by atoms with Crippen molar-refractivity contribution < 1.29 is 19.0 Å². The first kappa shape index (κ1) is 23.8. The lowest BCUT2D eigenvalue weighted by atomic mass is 9.97. The Labute approximate surface area is 184 Å². The van der Waals surface area contributed by atoms with Crippen molar-refractivity contribution in [3.8, 4) is 17.2 Å². The second-order valence-electron chi connectivity index (χ2n) is 7.37. The van der Waals surface area contributed by atoms with E-state index in [-0.39, 0.29) is 18.3 Å². The van der Waals surface area contributed by atoms with Crippen molar-refractivity contribution in [2.24, 2.45) is 5.92 Å². The average Bonchev–Trinajstić information content (AvgIpc) is 3.25. The van der Waals surface area contributed by atoms with Crippen LogP contribution in [0.3, 0.4) is 0 Å². The molecule has 2 aromatic rings. The molecule has 1 aliphatic heterocycles. The molecule has 2 aromatic carbocycles. The van der Waals surface area contributed by atoms with Crippen LogP contribution in [-0.4, -0.2) is 40.3 Å². The zero-order valence-corrected chi connectivity index (χ0v) is 18.6. The minimum Gasteiger partial charge on any atom is -0.493 e. The van der Waals surface area contributed by atoms with Crippen LogP contribution in [-0.2, 0) is 24.2 Å². The Bertz CT molecular complexity index is 795. The van der Waals surface area contributed by atoms with Gasteiger partial charge in [-0.25, -0.2) is 0 Å². The third-order valence-electron chi connectivity index (χ3n) is 5.29. The number of nitrogens with one attached hydrogen (secondary N) is 2. The van der Waals surface area contributed by atoms with Crippen molar-refractivity contribution in [3.63, 3.8) is 0 Å². The van der Waals surface area contributed by atoms with Gasteiger partial charge in [0.1, 0.15) is 0 Å². The monoisotopic (exact) mass is 434 g/mol. The van der Waals surface area contributed by atoms with Crippen LogP contribution in [0, 0.1) is 5.92 Å². The molecule has 164 valence electrons. The molecule has 0 bridgehead atoms. The Morgan fingerprint density at radius 2 is 1.63 bits per heavy atom. The van der Waals surface area contributed by atoms with Gasteiger partial charge >= 0.3 is 0 Å². The van der Waals surface area contributed by atoms with E-state index in [1.54, 1.807) is 21.3 Å². The van der Waals surface area contributed by atoms with Crippen molar-refractivity contribution >= 4 is 18.3 Å². The molecule has 0 aromatic heterocycles. The first-order valence-electron chi connectivity index (χ1n) is 9.97. The largest absolute Gasteiger partial charge is 0.493 e. The maximum atomic E-state index is 12.4. The van der Waals surface area contributed by atoms with Crippen molar-refractivity contribution in [1.29, 1.82) is 0 Å². The van der Waals surface area contributed by atoms with E-state index in [9.17, 15) is 4.79 Å². The zero-order chi connectivity index (χ0) is 20.6. The number of rotatable bonds is 9. The summed E-state index contributed by atoms with van der Waals surface area (Å²) in [6.45, 7) is 2.61. The van der Waals surface area contributed by atoms with Crippen molar-refractivity contribution in [2.45, 2.75) is 25.8 Å². The lowest BCUT2D eigenvalue weighted by molar-refractivity contribution is -0.120. The summed E-state index contributed by atoms with van der Waals surface area (Å²) >= 11 is 0. The first-order chi connectivity index (χ1) is 14.1. The van der Waals surface area contributed by atoms with E-state index in [1.807, 2.05) is 12.1 Å². The maximum absolute atomic E-state index is 12.4. The number of ether oxygens (including phenoxy) is 3. The molecule has 30 heavy (non-hydrogen) atoms. The number of benzene rings is 2. The molecular weight excluding hydrogens is 404 g/mol. The van der Waals surface area contributed by atoms with Gasteiger partial charge in [-0.2, -0.15) is 0 Å². The van der Waals surface area contributed by atoms with Crippen LogP contribution < -0.4 is 24.8 Å². The number of hydrogen-bond acceptors (Lipinski definition) is 5. The van der Waals surface area contributed by atoms with Crippen LogP contribution in [0.15, 0.2) is 36.4 Å². The summed E-state index contributed by atoms with van der Waals surface area (Å²) in [5.74, 6) is 2.39. The van der Waals surface area contributed by atoms with E-state index >= 15 is 0 Å². The van der Waals surface area contributed by atoms with Gasteiger partial charge in [0.25, 0.3) is 0 Å². The van der Waals surface area contributed by atoms with E-state index < -0.39 is 0 Å². The lowest BCUT2D eigenvalue weighted by Gasteiger charge is -2.14. The van der Waals surface area contributed by atoms with Gasteiger partial charge in [-0.1, -0.05) is 24.3 Å². The molecular formula is C23H31ClN2O4. The SMILES string of the molecule is COc1cc(CNC(=O)Cc2ccc(CC3CCNC3)cc2)cc(OC)c1OC.Cl. The van der Waals surface area contributed by atoms with Gasteiger partial charge in [-0.3, -0.25) is 4.79 Å². The molecule has 0 radical (unpaired) electrons. The maximum Gasteiger partial charge on any atom is 0.224 e. The normalized spacial score (nSPS) is 15.2. The highest BCUT2D eigenvalue weighted by Gasteiger charge is 2.15. The summed E-state index contributed by atoms with van der Waals surface area (Å²) in [4.78, 5) is 12.4. The van der Waals surface area contributed by atoms with Gasteiger partial charge in [0.15, 0.2) is 11.5 Å². The minimum atomic E-state index is -0.0218. The van der Waals surface area contributed by atoms with Crippen LogP contribution in [0.2, 0.25) is 0 Å². The highest BCUT2D eigenvalue weighted by atomic mass is 35.5. The highest BCUT2D eigenvalue weighted by molar-refractivity contribution is 5.85. The molecule has 1 fully saturated rings. The quantitative estimate of drug-likeness (QED) is 0.634. The third-order valence-corrected chi connectivity index (χ3v) is 5.29. The topological polar surface area (TPSA) is 68.8 Å². The fraction of sp³-hybridized carbons (Fsp3) is 0.435. The molecule has 1 heterocycles. The molecule has 0 spiro atoms. The van der Waals surface area contributed by atoms with Gasteiger partial charge in [-0.15, -0.1) is 12.4 Å². The summed E-state index contributed by atoms with van der Waals surface area (Å²) in [5, 5.41) is 6.36. The predicted octanol–water partition coefficient (Wildman–Crippen LogP) is 3.15. The summed E-state index contributed by atoms with van der Waals surface area (Å²) < 4.78 is 16.0. The molecule has 1 saturated heterocycles. The highest BCUT2D eigenvalue weighted by Crippen LogP contribution is 2.38. The fourth-order valence-corrected chi connectivity index (χ4v) is 3.70. The van der Waals surface area contributed by atoms with Crippen LogP contribution >= 0.6 is 12.4 Å². The number of carbonyl (C=O) groups is 1. The molecule has 7 heteroatoms. The molecule has 0 saturated carbocycles. The molecule has 0 aliphatic carbocycles. The smallest absolute Gasteiger partial charge is 0.224 e. The van der Waals surface area contributed by atoms with Crippen LogP contribution in [0.4, 0.5) is 0 Å². The van der Waals surface area contributed by atoms with E-state index in [0.717, 1.165) is 36.6 Å². The molecule has 2 N–H and O–H groups in total. The number of hydrogen-bond donors (Lipinski definition) is 2. The Morgan fingerprint density at radius 3 is 2.17 bits per heavy atom. The van der Waals surface area contributed by atoms with Crippen molar-refractivity contribution in [2.75, 3.05) is 34.4 Å². The fourth-order valence-electron chi connectivity index (χ4n) is 3.70. The Hall–Kier alpha value is -2.44. The minimum absolute atomic E-state index is 0. The van der Waals surface area contributed by atoms with Gasteiger partial charge in [0.2, 0.25) is 11.7 Å². The average molecular weight is 435 g/mol. The summed E-state index contributed by atoms with van der Waals surface area (Å²) in [6.07, 6.45) is 2.70. The zero-order valence-electron chi connectivity index (χ0n) is 17.8. The van der Waals surface area contributed by atoms with Crippen molar-refractivity contribution in [1.82, 2.24) is 10.6 Å². The Morgan fingerprint density at radius 1 is 1.00 bits per heavy atom.